The molecule has 160 valence electrons. The number of pyridine rings is 1. The number of hydrogen-bond donors (Lipinski definition) is 1. The lowest BCUT2D eigenvalue weighted by Gasteiger charge is -2.26. The van der Waals surface area contributed by atoms with Gasteiger partial charge in [0.1, 0.15) is 11.4 Å². The van der Waals surface area contributed by atoms with Crippen molar-refractivity contribution >= 4 is 23.0 Å². The number of carbonyl (C=O) groups excluding carboxylic acids is 1. The van der Waals surface area contributed by atoms with Gasteiger partial charge in [0.25, 0.3) is 5.91 Å². The molecule has 1 atom stereocenters. The average molecular weight is 410 g/mol. The minimum absolute atomic E-state index is 0.224. The molecule has 1 aromatic carbocycles. The van der Waals surface area contributed by atoms with E-state index in [-0.39, 0.29) is 5.91 Å². The van der Waals surface area contributed by atoms with Crippen molar-refractivity contribution in [3.05, 3.63) is 35.5 Å². The second-order valence-corrected chi connectivity index (χ2v) is 8.84. The maximum atomic E-state index is 12.8. The average Bonchev–Trinajstić information content (AvgIpc) is 2.63. The predicted octanol–water partition coefficient (Wildman–Crippen LogP) is 4.38. The van der Waals surface area contributed by atoms with Gasteiger partial charge >= 0.3 is 0 Å². The number of terminal acetylenes is 1. The molecule has 30 heavy (non-hydrogen) atoms. The first-order valence-corrected chi connectivity index (χ1v) is 10.0. The molecular formula is C24H31N3O3. The Labute approximate surface area is 179 Å². The second kappa shape index (κ2) is 9.17. The van der Waals surface area contributed by atoms with E-state index in [4.69, 9.17) is 16.0 Å². The van der Waals surface area contributed by atoms with Gasteiger partial charge in [-0.3, -0.25) is 9.78 Å². The van der Waals surface area contributed by atoms with Crippen molar-refractivity contribution in [2.24, 2.45) is 5.16 Å². The van der Waals surface area contributed by atoms with E-state index in [1.165, 1.54) is 0 Å². The number of benzene rings is 1. The molecule has 0 radical (unpaired) electrons. The van der Waals surface area contributed by atoms with E-state index in [2.05, 4.69) is 21.4 Å². The molecule has 6 nitrogen and oxygen atoms in total. The fourth-order valence-electron chi connectivity index (χ4n) is 2.78. The maximum absolute atomic E-state index is 12.8. The Hall–Kier alpha value is -3.07. The van der Waals surface area contributed by atoms with Crippen LogP contribution in [0.5, 0.6) is 5.75 Å². The number of aromatic nitrogens is 1. The summed E-state index contributed by atoms with van der Waals surface area (Å²) in [4.78, 5) is 22.6. The molecule has 0 saturated heterocycles. The predicted molar refractivity (Wildman–Crippen MR) is 121 cm³/mol. The number of nitrogens with zero attached hydrogens (tertiary/aromatic N) is 2. The van der Waals surface area contributed by atoms with Crippen LogP contribution < -0.4 is 10.1 Å². The lowest BCUT2D eigenvalue weighted by molar-refractivity contribution is -0.129. The van der Waals surface area contributed by atoms with Crippen LogP contribution in [0.3, 0.4) is 0 Å². The number of fused-ring (bicyclic) bond motifs is 1. The van der Waals surface area contributed by atoms with Gasteiger partial charge in [0.05, 0.1) is 17.3 Å². The molecule has 1 unspecified atom stereocenters. The molecule has 1 aromatic heterocycles. The summed E-state index contributed by atoms with van der Waals surface area (Å²) in [7, 11) is 0. The molecule has 0 fully saturated rings. The Morgan fingerprint density at radius 1 is 1.30 bits per heavy atom. The van der Waals surface area contributed by atoms with Crippen molar-refractivity contribution in [2.75, 3.05) is 0 Å². The fraction of sp³-hybridized carbons (Fsp3) is 0.458. The summed E-state index contributed by atoms with van der Waals surface area (Å²) >= 11 is 0. The van der Waals surface area contributed by atoms with Crippen LogP contribution in [0.4, 0.5) is 0 Å². The molecule has 2 aromatic rings. The molecule has 0 aliphatic carbocycles. The smallest absolute Gasteiger partial charge is 0.261 e. The maximum Gasteiger partial charge on any atom is 0.261 e. The van der Waals surface area contributed by atoms with E-state index < -0.39 is 17.2 Å². The molecule has 0 saturated carbocycles. The van der Waals surface area contributed by atoms with Crippen molar-refractivity contribution in [3.63, 3.8) is 0 Å². The van der Waals surface area contributed by atoms with Gasteiger partial charge in [-0.1, -0.05) is 18.0 Å². The number of oxime groups is 1. The van der Waals surface area contributed by atoms with E-state index in [1.807, 2.05) is 66.7 Å². The van der Waals surface area contributed by atoms with Crippen molar-refractivity contribution in [1.29, 1.82) is 0 Å². The fourth-order valence-corrected chi connectivity index (χ4v) is 2.78. The molecule has 6 heteroatoms. The zero-order valence-corrected chi connectivity index (χ0v) is 18.9. The van der Waals surface area contributed by atoms with Crippen LogP contribution in [0.15, 0.2) is 29.6 Å². The highest BCUT2D eigenvalue weighted by atomic mass is 16.6. The SMILES string of the molecule is C#Cc1cnc2c(C)cc(OC(CC)C(=O)NC(C)(C)C=NOC(C)(C)C)cc2c1. The molecule has 0 spiro atoms. The first kappa shape index (κ1) is 23.2. The topological polar surface area (TPSA) is 72.8 Å². The first-order valence-electron chi connectivity index (χ1n) is 10.0. The van der Waals surface area contributed by atoms with E-state index in [1.54, 1.807) is 12.4 Å². The number of aryl methyl sites for hydroxylation is 1. The lowest BCUT2D eigenvalue weighted by atomic mass is 10.1. The third kappa shape index (κ3) is 6.48. The Balaban J connectivity index is 2.16. The van der Waals surface area contributed by atoms with Crippen LogP contribution in [0, 0.1) is 19.3 Å². The molecule has 0 aliphatic heterocycles. The van der Waals surface area contributed by atoms with Crippen molar-refractivity contribution < 1.29 is 14.4 Å². The van der Waals surface area contributed by atoms with Gasteiger partial charge in [-0.2, -0.15) is 0 Å². The van der Waals surface area contributed by atoms with Crippen LogP contribution >= 0.6 is 0 Å². The summed E-state index contributed by atoms with van der Waals surface area (Å²) < 4.78 is 6.03. The molecule has 2 rings (SSSR count). The van der Waals surface area contributed by atoms with E-state index in [9.17, 15) is 4.79 Å². The highest BCUT2D eigenvalue weighted by molar-refractivity contribution is 5.87. The van der Waals surface area contributed by atoms with Gasteiger partial charge in [0.15, 0.2) is 6.10 Å². The minimum Gasteiger partial charge on any atom is -0.481 e. The zero-order valence-electron chi connectivity index (χ0n) is 18.9. The minimum atomic E-state index is -0.690. The van der Waals surface area contributed by atoms with Gasteiger partial charge in [-0.25, -0.2) is 0 Å². The summed E-state index contributed by atoms with van der Waals surface area (Å²) in [5.41, 5.74) is 1.42. The number of amides is 1. The van der Waals surface area contributed by atoms with Gasteiger partial charge in [0.2, 0.25) is 0 Å². The van der Waals surface area contributed by atoms with E-state index in [0.717, 1.165) is 16.5 Å². The number of nitrogens with one attached hydrogen (secondary N) is 1. The Kier molecular flexibility index (Phi) is 7.09. The zero-order chi connectivity index (χ0) is 22.5. The molecule has 1 amide bonds. The molecule has 1 N–H and O–H groups in total. The Morgan fingerprint density at radius 2 is 2.00 bits per heavy atom. The van der Waals surface area contributed by atoms with Crippen molar-refractivity contribution in [3.8, 4) is 18.1 Å². The Morgan fingerprint density at radius 3 is 2.60 bits per heavy atom. The van der Waals surface area contributed by atoms with Gasteiger partial charge in [0, 0.05) is 17.1 Å². The van der Waals surface area contributed by atoms with Crippen LogP contribution in [0.1, 0.15) is 59.1 Å². The van der Waals surface area contributed by atoms with Crippen LogP contribution in [0.2, 0.25) is 0 Å². The number of carbonyl (C=O) groups is 1. The number of rotatable bonds is 7. The van der Waals surface area contributed by atoms with Gasteiger partial charge in [-0.05, 0) is 71.7 Å². The largest absolute Gasteiger partial charge is 0.481 e. The molecule has 0 bridgehead atoms. The first-order chi connectivity index (χ1) is 13.9. The summed E-state index contributed by atoms with van der Waals surface area (Å²) in [5.74, 6) is 2.96. The summed E-state index contributed by atoms with van der Waals surface area (Å²) in [6, 6.07) is 5.62. The van der Waals surface area contributed by atoms with Crippen molar-refractivity contribution in [2.45, 2.75) is 72.1 Å². The molecule has 1 heterocycles. The third-order valence-corrected chi connectivity index (χ3v) is 4.20. The third-order valence-electron chi connectivity index (χ3n) is 4.20. The molecular weight excluding hydrogens is 378 g/mol. The van der Waals surface area contributed by atoms with E-state index >= 15 is 0 Å². The monoisotopic (exact) mass is 409 g/mol. The standard InChI is InChI=1S/C24H31N3O3/c1-9-17-12-18-13-19(11-16(3)21(18)25-14-17)29-20(10-2)22(28)27-24(7,8)15-26-30-23(4,5)6/h1,11-15,20H,10H2,2-8H3,(H,27,28). The van der Waals surface area contributed by atoms with Crippen molar-refractivity contribution in [1.82, 2.24) is 10.3 Å². The second-order valence-electron chi connectivity index (χ2n) is 8.84. The van der Waals surface area contributed by atoms with E-state index in [0.29, 0.717) is 17.7 Å². The number of hydrogen-bond acceptors (Lipinski definition) is 5. The summed E-state index contributed by atoms with van der Waals surface area (Å²) in [5, 5.41) is 7.82. The normalized spacial score (nSPS) is 13.1. The van der Waals surface area contributed by atoms with Crippen LogP contribution in [-0.4, -0.2) is 34.3 Å². The highest BCUT2D eigenvalue weighted by Crippen LogP contribution is 2.25. The van der Waals surface area contributed by atoms with Gasteiger partial charge in [-0.15, -0.1) is 6.42 Å². The summed E-state index contributed by atoms with van der Waals surface area (Å²) in [6.45, 7) is 13.3. The number of ether oxygens (including phenoxy) is 1. The Bertz CT molecular complexity index is 982. The van der Waals surface area contributed by atoms with Crippen LogP contribution in [0.25, 0.3) is 10.9 Å². The lowest BCUT2D eigenvalue weighted by Crippen LogP contribution is -2.50. The summed E-state index contributed by atoms with van der Waals surface area (Å²) in [6.07, 6.45) is 8.59. The van der Waals surface area contributed by atoms with Crippen LogP contribution in [-0.2, 0) is 9.63 Å². The van der Waals surface area contributed by atoms with Gasteiger partial charge < -0.3 is 14.9 Å². The highest BCUT2D eigenvalue weighted by Gasteiger charge is 2.26. The quantitative estimate of drug-likeness (QED) is 0.418. The molecule has 0 aliphatic rings.